The van der Waals surface area contributed by atoms with Crippen molar-refractivity contribution in [2.45, 2.75) is 25.3 Å². The van der Waals surface area contributed by atoms with Gasteiger partial charge in [-0.3, -0.25) is 9.10 Å². The van der Waals surface area contributed by atoms with E-state index in [1.54, 1.807) is 54.1 Å². The number of rotatable bonds is 7. The van der Waals surface area contributed by atoms with E-state index in [0.29, 0.717) is 23.3 Å². The van der Waals surface area contributed by atoms with Gasteiger partial charge in [-0.15, -0.1) is 5.10 Å². The first-order valence-electron chi connectivity index (χ1n) is 10.4. The quantitative estimate of drug-likeness (QED) is 0.415. The Bertz CT molecular complexity index is 1420. The zero-order chi connectivity index (χ0) is 23.6. The number of carbonyl (C=O) groups excluding carboxylic acids is 1. The van der Waals surface area contributed by atoms with Crippen molar-refractivity contribution in [3.8, 4) is 0 Å². The van der Waals surface area contributed by atoms with Crippen LogP contribution in [-0.2, 0) is 16.6 Å². The molecule has 0 bridgehead atoms. The van der Waals surface area contributed by atoms with Crippen LogP contribution in [0.3, 0.4) is 0 Å². The van der Waals surface area contributed by atoms with Gasteiger partial charge in [-0.05, 0) is 62.4 Å². The Labute approximate surface area is 196 Å². The summed E-state index contributed by atoms with van der Waals surface area (Å²) in [6, 6.07) is 18.1. The monoisotopic (exact) mass is 483 g/mol. The number of aromatic nitrogens is 3. The smallest absolute Gasteiger partial charge is 0.264 e. The SMILES string of the molecule is CCN(c1ccccc1)S(=O)(=O)c1ccc(Cl)c(NC(=O)c2ccc3c(c2)nnn3CC)c1. The van der Waals surface area contributed by atoms with Gasteiger partial charge >= 0.3 is 0 Å². The standard InChI is InChI=1S/C23H22ClN5O3S/c1-3-28-22-13-10-16(14-21(22)26-27-28)23(30)25-20-15-18(11-12-19(20)24)33(31,32)29(4-2)17-8-6-5-7-9-17/h5-15H,3-4H2,1-2H3,(H,25,30). The molecule has 1 N–H and O–H groups in total. The lowest BCUT2D eigenvalue weighted by atomic mass is 10.2. The van der Waals surface area contributed by atoms with Crippen LogP contribution in [0.15, 0.2) is 71.6 Å². The van der Waals surface area contributed by atoms with Gasteiger partial charge in [0.15, 0.2) is 0 Å². The first kappa shape index (κ1) is 22.8. The number of nitrogens with one attached hydrogen (secondary N) is 1. The lowest BCUT2D eigenvalue weighted by Gasteiger charge is -2.23. The zero-order valence-corrected chi connectivity index (χ0v) is 19.6. The van der Waals surface area contributed by atoms with E-state index in [1.807, 2.05) is 13.0 Å². The van der Waals surface area contributed by atoms with Crippen molar-refractivity contribution in [3.63, 3.8) is 0 Å². The summed E-state index contributed by atoms with van der Waals surface area (Å²) in [5.74, 6) is -0.435. The van der Waals surface area contributed by atoms with Crippen LogP contribution in [-0.4, -0.2) is 35.9 Å². The maximum Gasteiger partial charge on any atom is 0.264 e. The highest BCUT2D eigenvalue weighted by molar-refractivity contribution is 7.92. The molecule has 0 radical (unpaired) electrons. The molecule has 0 unspecified atom stereocenters. The zero-order valence-electron chi connectivity index (χ0n) is 18.1. The molecule has 10 heteroatoms. The van der Waals surface area contributed by atoms with Crippen molar-refractivity contribution in [3.05, 3.63) is 77.3 Å². The minimum Gasteiger partial charge on any atom is -0.321 e. The van der Waals surface area contributed by atoms with Crippen molar-refractivity contribution in [2.75, 3.05) is 16.2 Å². The molecule has 33 heavy (non-hydrogen) atoms. The largest absolute Gasteiger partial charge is 0.321 e. The van der Waals surface area contributed by atoms with Gasteiger partial charge < -0.3 is 5.32 Å². The molecule has 0 spiro atoms. The number of hydrogen-bond acceptors (Lipinski definition) is 5. The van der Waals surface area contributed by atoms with Crippen molar-refractivity contribution >= 4 is 49.9 Å². The van der Waals surface area contributed by atoms with E-state index in [2.05, 4.69) is 15.6 Å². The van der Waals surface area contributed by atoms with Crippen LogP contribution in [0.1, 0.15) is 24.2 Å². The van der Waals surface area contributed by atoms with Gasteiger partial charge in [-0.2, -0.15) is 0 Å². The van der Waals surface area contributed by atoms with E-state index in [1.165, 1.54) is 22.5 Å². The summed E-state index contributed by atoms with van der Waals surface area (Å²) >= 11 is 6.28. The van der Waals surface area contributed by atoms with E-state index in [0.717, 1.165) is 5.52 Å². The lowest BCUT2D eigenvalue weighted by molar-refractivity contribution is 0.102. The van der Waals surface area contributed by atoms with Crippen LogP contribution in [0.25, 0.3) is 11.0 Å². The third-order valence-electron chi connectivity index (χ3n) is 5.18. The molecule has 0 saturated carbocycles. The van der Waals surface area contributed by atoms with Crippen molar-refractivity contribution < 1.29 is 13.2 Å². The van der Waals surface area contributed by atoms with Crippen LogP contribution in [0.4, 0.5) is 11.4 Å². The van der Waals surface area contributed by atoms with Crippen LogP contribution < -0.4 is 9.62 Å². The highest BCUT2D eigenvalue weighted by Gasteiger charge is 2.25. The van der Waals surface area contributed by atoms with E-state index in [9.17, 15) is 13.2 Å². The minimum absolute atomic E-state index is 0.0224. The normalized spacial score (nSPS) is 11.5. The number of amides is 1. The summed E-state index contributed by atoms with van der Waals surface area (Å²) < 4.78 is 29.7. The summed E-state index contributed by atoms with van der Waals surface area (Å²) in [5.41, 5.74) is 2.52. The Hall–Kier alpha value is -3.43. The van der Waals surface area contributed by atoms with Gasteiger partial charge in [0.25, 0.3) is 15.9 Å². The predicted molar refractivity (Wildman–Crippen MR) is 129 cm³/mol. The van der Waals surface area contributed by atoms with Crippen molar-refractivity contribution in [2.24, 2.45) is 0 Å². The van der Waals surface area contributed by atoms with E-state index >= 15 is 0 Å². The van der Waals surface area contributed by atoms with Gasteiger partial charge in [-0.25, -0.2) is 13.1 Å². The summed E-state index contributed by atoms with van der Waals surface area (Å²) in [6.07, 6.45) is 0. The maximum atomic E-state index is 13.3. The molecule has 3 aromatic carbocycles. The Kier molecular flexibility index (Phi) is 6.35. The van der Waals surface area contributed by atoms with Gasteiger partial charge in [0, 0.05) is 18.7 Å². The fraction of sp³-hybridized carbons (Fsp3) is 0.174. The van der Waals surface area contributed by atoms with Crippen LogP contribution in [0.5, 0.6) is 0 Å². The lowest BCUT2D eigenvalue weighted by Crippen LogP contribution is -2.30. The number of aryl methyl sites for hydroxylation is 1. The molecular formula is C23H22ClN5O3S. The molecule has 0 aliphatic carbocycles. The second kappa shape index (κ2) is 9.21. The van der Waals surface area contributed by atoms with Gasteiger partial charge in [-0.1, -0.05) is 35.0 Å². The molecule has 170 valence electrons. The number of halogens is 1. The highest BCUT2D eigenvalue weighted by Crippen LogP contribution is 2.29. The molecule has 0 aliphatic heterocycles. The summed E-state index contributed by atoms with van der Waals surface area (Å²) in [5, 5.41) is 11.1. The van der Waals surface area contributed by atoms with Crippen molar-refractivity contribution in [1.82, 2.24) is 15.0 Å². The number of carbonyl (C=O) groups is 1. The molecule has 1 amide bonds. The molecule has 0 fully saturated rings. The molecular weight excluding hydrogens is 462 g/mol. The highest BCUT2D eigenvalue weighted by atomic mass is 35.5. The molecule has 0 aliphatic rings. The molecule has 4 aromatic rings. The number of fused-ring (bicyclic) bond motifs is 1. The topological polar surface area (TPSA) is 97.2 Å². The maximum absolute atomic E-state index is 13.3. The molecule has 1 aromatic heterocycles. The Morgan fingerprint density at radius 1 is 1.06 bits per heavy atom. The Balaban J connectivity index is 1.64. The minimum atomic E-state index is -3.87. The summed E-state index contributed by atoms with van der Waals surface area (Å²) in [7, 11) is -3.87. The van der Waals surface area contributed by atoms with E-state index in [-0.39, 0.29) is 22.2 Å². The van der Waals surface area contributed by atoms with Gasteiger partial charge in [0.05, 0.1) is 26.8 Å². The second-order valence-electron chi connectivity index (χ2n) is 7.21. The van der Waals surface area contributed by atoms with Crippen molar-refractivity contribution in [1.29, 1.82) is 0 Å². The summed E-state index contributed by atoms with van der Waals surface area (Å²) in [6.45, 7) is 4.62. The van der Waals surface area contributed by atoms with E-state index in [4.69, 9.17) is 11.6 Å². The van der Waals surface area contributed by atoms with Crippen LogP contribution in [0, 0.1) is 0 Å². The summed E-state index contributed by atoms with van der Waals surface area (Å²) in [4.78, 5) is 12.9. The van der Waals surface area contributed by atoms with Crippen LogP contribution >= 0.6 is 11.6 Å². The fourth-order valence-electron chi connectivity index (χ4n) is 3.51. The van der Waals surface area contributed by atoms with Crippen LogP contribution in [0.2, 0.25) is 5.02 Å². The Morgan fingerprint density at radius 3 is 2.52 bits per heavy atom. The average molecular weight is 484 g/mol. The third-order valence-corrected chi connectivity index (χ3v) is 7.41. The molecule has 8 nitrogen and oxygen atoms in total. The molecule has 4 rings (SSSR count). The first-order valence-corrected chi connectivity index (χ1v) is 12.2. The fourth-order valence-corrected chi connectivity index (χ4v) is 5.18. The molecule has 0 atom stereocenters. The second-order valence-corrected chi connectivity index (χ2v) is 9.48. The third kappa shape index (κ3) is 4.42. The van der Waals surface area contributed by atoms with Gasteiger partial charge in [0.1, 0.15) is 5.52 Å². The van der Waals surface area contributed by atoms with E-state index < -0.39 is 15.9 Å². The molecule has 0 saturated heterocycles. The number of sulfonamides is 1. The number of nitrogens with zero attached hydrogens (tertiary/aromatic N) is 4. The predicted octanol–water partition coefficient (Wildman–Crippen LogP) is 4.57. The number of benzene rings is 3. The number of para-hydroxylation sites is 1. The first-order chi connectivity index (χ1) is 15.8. The number of hydrogen-bond donors (Lipinski definition) is 1. The average Bonchev–Trinajstić information content (AvgIpc) is 3.23. The number of anilines is 2. The molecule has 1 heterocycles. The Morgan fingerprint density at radius 2 is 1.82 bits per heavy atom. The van der Waals surface area contributed by atoms with Gasteiger partial charge in [0.2, 0.25) is 0 Å².